The molecule has 0 radical (unpaired) electrons. The lowest BCUT2D eigenvalue weighted by atomic mass is 9.96. The van der Waals surface area contributed by atoms with E-state index in [2.05, 4.69) is 37.2 Å². The number of piperidine rings is 2. The summed E-state index contributed by atoms with van der Waals surface area (Å²) in [5.74, 6) is 2.99. The van der Waals surface area contributed by atoms with E-state index in [1.165, 1.54) is 45.4 Å². The molecule has 1 unspecified atom stereocenters. The van der Waals surface area contributed by atoms with Crippen molar-refractivity contribution in [1.29, 1.82) is 0 Å². The molecule has 3 aliphatic heterocycles. The summed E-state index contributed by atoms with van der Waals surface area (Å²) >= 11 is 0. The maximum Gasteiger partial charge on any atom is 0.324 e. The van der Waals surface area contributed by atoms with Gasteiger partial charge in [0, 0.05) is 50.7 Å². The number of hydrogen-bond acceptors (Lipinski definition) is 8. The third-order valence-electron chi connectivity index (χ3n) is 8.07. The van der Waals surface area contributed by atoms with Gasteiger partial charge < -0.3 is 29.3 Å². The number of likely N-dealkylation sites (tertiary alicyclic amines) is 2. The van der Waals surface area contributed by atoms with E-state index >= 15 is 0 Å². The van der Waals surface area contributed by atoms with Crippen LogP contribution in [0.5, 0.6) is 5.75 Å². The molecule has 2 atom stereocenters. The van der Waals surface area contributed by atoms with Crippen LogP contribution in [0.3, 0.4) is 0 Å². The Kier molecular flexibility index (Phi) is 8.06. The Labute approximate surface area is 214 Å². The van der Waals surface area contributed by atoms with Crippen LogP contribution in [-0.2, 0) is 4.79 Å². The molecule has 0 aliphatic carbocycles. The molecule has 0 bridgehead atoms. The van der Waals surface area contributed by atoms with Gasteiger partial charge in [-0.3, -0.25) is 4.79 Å². The van der Waals surface area contributed by atoms with E-state index in [1.54, 1.807) is 7.11 Å². The quantitative estimate of drug-likeness (QED) is 0.597. The Hall–Kier alpha value is -2.65. The van der Waals surface area contributed by atoms with Gasteiger partial charge in [0.15, 0.2) is 0 Å². The van der Waals surface area contributed by atoms with Crippen molar-refractivity contribution in [3.8, 4) is 17.1 Å². The molecule has 1 aromatic carbocycles. The first-order chi connectivity index (χ1) is 17.6. The Morgan fingerprint density at radius 3 is 2.61 bits per heavy atom. The number of carbonyl (C=O) groups excluding carboxylic acids is 1. The van der Waals surface area contributed by atoms with Crippen LogP contribution in [0.4, 0.5) is 6.01 Å². The number of nitrogens with one attached hydrogen (secondary N) is 1. The minimum atomic E-state index is 0.0560. The molecule has 3 aliphatic rings. The topological polar surface area (TPSA) is 87.0 Å². The molecule has 3 saturated heterocycles. The molecule has 196 valence electrons. The molecule has 0 spiro atoms. The summed E-state index contributed by atoms with van der Waals surface area (Å²) in [6.07, 6.45) is 5.47. The predicted molar refractivity (Wildman–Crippen MR) is 139 cm³/mol. The minimum Gasteiger partial charge on any atom is -0.497 e. The van der Waals surface area contributed by atoms with Gasteiger partial charge in [0.05, 0.1) is 7.11 Å². The van der Waals surface area contributed by atoms with Crippen LogP contribution in [0.15, 0.2) is 28.8 Å². The molecule has 1 amide bonds. The van der Waals surface area contributed by atoms with Gasteiger partial charge in [0.25, 0.3) is 0 Å². The first kappa shape index (κ1) is 25.0. The van der Waals surface area contributed by atoms with Crippen LogP contribution in [0, 0.1) is 17.8 Å². The molecular formula is C27H40N6O3. The van der Waals surface area contributed by atoms with Crippen LogP contribution in [0.1, 0.15) is 32.1 Å². The summed E-state index contributed by atoms with van der Waals surface area (Å²) in [5.41, 5.74) is 0.886. The lowest BCUT2D eigenvalue weighted by molar-refractivity contribution is -0.125. The minimum absolute atomic E-state index is 0.0560. The zero-order chi connectivity index (χ0) is 24.9. The second-order valence-electron chi connectivity index (χ2n) is 10.8. The van der Waals surface area contributed by atoms with Gasteiger partial charge in [-0.25, -0.2) is 0 Å². The summed E-state index contributed by atoms with van der Waals surface area (Å²) in [6.45, 7) is 8.25. The molecule has 36 heavy (non-hydrogen) atoms. The van der Waals surface area contributed by atoms with E-state index in [1.807, 2.05) is 24.3 Å². The number of benzene rings is 1. The smallest absolute Gasteiger partial charge is 0.324 e. The summed E-state index contributed by atoms with van der Waals surface area (Å²) in [7, 11) is 3.88. The van der Waals surface area contributed by atoms with Gasteiger partial charge in [-0.1, -0.05) is 5.16 Å². The predicted octanol–water partition coefficient (Wildman–Crippen LogP) is 2.74. The number of carbonyl (C=O) groups is 1. The van der Waals surface area contributed by atoms with Crippen molar-refractivity contribution < 1.29 is 14.1 Å². The normalized spacial score (nSPS) is 24.2. The van der Waals surface area contributed by atoms with Crippen LogP contribution in [0.25, 0.3) is 11.4 Å². The molecule has 9 heteroatoms. The highest BCUT2D eigenvalue weighted by atomic mass is 16.5. The van der Waals surface area contributed by atoms with E-state index in [4.69, 9.17) is 9.26 Å². The highest BCUT2D eigenvalue weighted by molar-refractivity contribution is 5.79. The molecule has 3 fully saturated rings. The molecule has 0 saturated carbocycles. The maximum absolute atomic E-state index is 12.9. The average molecular weight is 497 g/mol. The highest BCUT2D eigenvalue weighted by Gasteiger charge is 2.30. The first-order valence-corrected chi connectivity index (χ1v) is 13.5. The van der Waals surface area contributed by atoms with Crippen LogP contribution in [-0.4, -0.2) is 92.4 Å². The van der Waals surface area contributed by atoms with Crippen molar-refractivity contribution >= 4 is 11.9 Å². The monoisotopic (exact) mass is 496 g/mol. The van der Waals surface area contributed by atoms with Gasteiger partial charge in [0.1, 0.15) is 5.75 Å². The standard InChI is InChI=1S/C27H40N6O3/c1-31-12-3-4-21(17-31)19-32-13-9-20(18-32)16-28-26(34)23-10-14-33(15-11-23)27-29-25(30-36-27)22-5-7-24(35-2)8-6-22/h5-8,20-21,23H,3-4,9-19H2,1-2H3,(H,28,34)/t20?,21-/m1/s1. The lowest BCUT2D eigenvalue weighted by Gasteiger charge is -2.32. The second-order valence-corrected chi connectivity index (χ2v) is 10.8. The highest BCUT2D eigenvalue weighted by Crippen LogP contribution is 2.26. The molecule has 1 N–H and O–H groups in total. The Balaban J connectivity index is 1.03. The van der Waals surface area contributed by atoms with Gasteiger partial charge in [-0.05, 0) is 88.3 Å². The second kappa shape index (κ2) is 11.6. The maximum atomic E-state index is 12.9. The summed E-state index contributed by atoms with van der Waals surface area (Å²) in [5, 5.41) is 7.40. The fourth-order valence-electron chi connectivity index (χ4n) is 5.96. The summed E-state index contributed by atoms with van der Waals surface area (Å²) in [4.78, 5) is 24.6. The Bertz CT molecular complexity index is 988. The van der Waals surface area contributed by atoms with Gasteiger partial charge in [-0.15, -0.1) is 0 Å². The van der Waals surface area contributed by atoms with Crippen LogP contribution < -0.4 is 15.0 Å². The fraction of sp³-hybridized carbons (Fsp3) is 0.667. The molecule has 4 heterocycles. The zero-order valence-electron chi connectivity index (χ0n) is 21.7. The van der Waals surface area contributed by atoms with Crippen molar-refractivity contribution in [2.24, 2.45) is 17.8 Å². The number of nitrogens with zero attached hydrogens (tertiary/aromatic N) is 5. The number of aromatic nitrogens is 2. The number of ether oxygens (including phenoxy) is 1. The molecule has 1 aromatic heterocycles. The van der Waals surface area contributed by atoms with Crippen molar-refractivity contribution in [3.63, 3.8) is 0 Å². The first-order valence-electron chi connectivity index (χ1n) is 13.5. The molecular weight excluding hydrogens is 456 g/mol. The van der Waals surface area contributed by atoms with E-state index in [-0.39, 0.29) is 11.8 Å². The van der Waals surface area contributed by atoms with E-state index in [0.29, 0.717) is 17.8 Å². The summed E-state index contributed by atoms with van der Waals surface area (Å²) in [6, 6.07) is 8.13. The number of hydrogen-bond donors (Lipinski definition) is 1. The van der Waals surface area contributed by atoms with Gasteiger partial charge in [0.2, 0.25) is 11.7 Å². The van der Waals surface area contributed by atoms with Gasteiger partial charge in [-0.2, -0.15) is 4.98 Å². The van der Waals surface area contributed by atoms with Crippen molar-refractivity contribution in [1.82, 2.24) is 25.3 Å². The molecule has 2 aromatic rings. The van der Waals surface area contributed by atoms with Crippen molar-refractivity contribution in [3.05, 3.63) is 24.3 Å². The van der Waals surface area contributed by atoms with Crippen LogP contribution >= 0.6 is 0 Å². The largest absolute Gasteiger partial charge is 0.497 e. The van der Waals surface area contributed by atoms with Crippen molar-refractivity contribution in [2.45, 2.75) is 32.1 Å². The van der Waals surface area contributed by atoms with Gasteiger partial charge >= 0.3 is 6.01 Å². The van der Waals surface area contributed by atoms with Crippen molar-refractivity contribution in [2.75, 3.05) is 71.4 Å². The molecule has 5 rings (SSSR count). The van der Waals surface area contributed by atoms with E-state index < -0.39 is 0 Å². The lowest BCUT2D eigenvalue weighted by Crippen LogP contribution is -2.42. The number of anilines is 1. The third-order valence-corrected chi connectivity index (χ3v) is 8.07. The fourth-order valence-corrected chi connectivity index (χ4v) is 5.96. The third kappa shape index (κ3) is 6.18. The summed E-state index contributed by atoms with van der Waals surface area (Å²) < 4.78 is 10.7. The number of amides is 1. The average Bonchev–Trinajstić information content (AvgIpc) is 3.58. The molecule has 9 nitrogen and oxygen atoms in total. The Morgan fingerprint density at radius 2 is 1.86 bits per heavy atom. The van der Waals surface area contributed by atoms with E-state index in [0.717, 1.165) is 56.3 Å². The van der Waals surface area contributed by atoms with Crippen LogP contribution in [0.2, 0.25) is 0 Å². The number of rotatable bonds is 8. The Morgan fingerprint density at radius 1 is 1.06 bits per heavy atom. The SMILES string of the molecule is COc1ccc(-c2noc(N3CCC(C(=O)NCC4CCN(C[C@@H]5CCCN(C)C5)C4)CC3)n2)cc1. The zero-order valence-corrected chi connectivity index (χ0v) is 21.7. The van der Waals surface area contributed by atoms with E-state index in [9.17, 15) is 4.79 Å². The number of methoxy groups -OCH3 is 1.